The quantitative estimate of drug-likeness (QED) is 0.313. The summed E-state index contributed by atoms with van der Waals surface area (Å²) in [5.74, 6) is 0.896. The molecule has 0 aliphatic carbocycles. The summed E-state index contributed by atoms with van der Waals surface area (Å²) in [6, 6.07) is 1.23. The molecule has 18 heavy (non-hydrogen) atoms. The highest BCUT2D eigenvalue weighted by molar-refractivity contribution is 14.0. The largest absolute Gasteiger partial charge is 0.357 e. The van der Waals surface area contributed by atoms with Crippen LogP contribution in [0.4, 0.5) is 0 Å². The fourth-order valence-corrected chi connectivity index (χ4v) is 1.97. The Morgan fingerprint density at radius 3 is 2.06 bits per heavy atom. The van der Waals surface area contributed by atoms with E-state index in [1.54, 1.807) is 7.05 Å². The summed E-state index contributed by atoms with van der Waals surface area (Å²) in [6.45, 7) is 14.1. The molecule has 0 radical (unpaired) electrons. The van der Waals surface area contributed by atoms with Gasteiger partial charge in [-0.05, 0) is 41.0 Å². The normalized spacial score (nSPS) is 11.9. The lowest BCUT2D eigenvalue weighted by atomic mass is 10.2. The van der Waals surface area contributed by atoms with Crippen LogP contribution in [0, 0.1) is 0 Å². The van der Waals surface area contributed by atoms with E-state index in [1.807, 2.05) is 0 Å². The summed E-state index contributed by atoms with van der Waals surface area (Å²) in [4.78, 5) is 6.66. The van der Waals surface area contributed by atoms with E-state index in [-0.39, 0.29) is 24.0 Å². The fraction of sp³-hybridized carbons (Fsp3) is 0.923. The molecule has 0 rings (SSSR count). The lowest BCUT2D eigenvalue weighted by Crippen LogP contribution is -2.41. The molecule has 0 atom stereocenters. The summed E-state index contributed by atoms with van der Waals surface area (Å²) < 4.78 is 0. The summed E-state index contributed by atoms with van der Waals surface area (Å²) in [6.07, 6.45) is 1.14. The molecule has 110 valence electrons. The number of guanidine groups is 1. The minimum absolute atomic E-state index is 0. The Morgan fingerprint density at radius 1 is 1.11 bits per heavy atom. The first-order valence-corrected chi connectivity index (χ1v) is 6.73. The van der Waals surface area contributed by atoms with Crippen molar-refractivity contribution in [2.24, 2.45) is 4.99 Å². The van der Waals surface area contributed by atoms with Gasteiger partial charge in [0.25, 0.3) is 0 Å². The van der Waals surface area contributed by atoms with Crippen molar-refractivity contribution in [2.45, 2.75) is 53.1 Å². The summed E-state index contributed by atoms with van der Waals surface area (Å²) in [5.41, 5.74) is 0. The van der Waals surface area contributed by atoms with Gasteiger partial charge in [0.1, 0.15) is 0 Å². The molecule has 0 amide bonds. The Kier molecular flexibility index (Phi) is 13.5. The van der Waals surface area contributed by atoms with Crippen molar-refractivity contribution in [3.05, 3.63) is 0 Å². The number of halogens is 1. The zero-order valence-corrected chi connectivity index (χ0v) is 15.1. The van der Waals surface area contributed by atoms with Gasteiger partial charge in [-0.15, -0.1) is 24.0 Å². The van der Waals surface area contributed by atoms with Crippen molar-refractivity contribution in [3.8, 4) is 0 Å². The molecule has 0 aliphatic heterocycles. The van der Waals surface area contributed by atoms with Crippen molar-refractivity contribution in [2.75, 3.05) is 26.7 Å². The first-order chi connectivity index (χ1) is 8.02. The second-order valence-electron chi connectivity index (χ2n) is 4.81. The van der Waals surface area contributed by atoms with Crippen LogP contribution in [0.5, 0.6) is 0 Å². The fourth-order valence-electron chi connectivity index (χ4n) is 1.97. The average molecular weight is 370 g/mol. The van der Waals surface area contributed by atoms with E-state index in [1.165, 1.54) is 0 Å². The molecular formula is C13H31IN4. The molecule has 0 saturated heterocycles. The van der Waals surface area contributed by atoms with Crippen LogP contribution in [0.3, 0.4) is 0 Å². The zero-order valence-electron chi connectivity index (χ0n) is 12.8. The third-order valence-electron chi connectivity index (χ3n) is 2.78. The van der Waals surface area contributed by atoms with E-state index in [2.05, 4.69) is 55.1 Å². The van der Waals surface area contributed by atoms with Crippen molar-refractivity contribution in [3.63, 3.8) is 0 Å². The van der Waals surface area contributed by atoms with Crippen LogP contribution < -0.4 is 10.6 Å². The van der Waals surface area contributed by atoms with E-state index in [0.717, 1.165) is 32.0 Å². The number of rotatable bonds is 7. The Bertz CT molecular complexity index is 209. The van der Waals surface area contributed by atoms with Gasteiger partial charge in [-0.2, -0.15) is 0 Å². The highest BCUT2D eigenvalue weighted by atomic mass is 127. The topological polar surface area (TPSA) is 39.7 Å². The second kappa shape index (κ2) is 12.0. The zero-order chi connectivity index (χ0) is 13.3. The van der Waals surface area contributed by atoms with Gasteiger partial charge in [0.15, 0.2) is 5.96 Å². The SMILES string of the molecule is CCNC(=NC)NCCCN(C(C)C)C(C)C.I. The Balaban J connectivity index is 0. The summed E-state index contributed by atoms with van der Waals surface area (Å²) in [7, 11) is 1.81. The minimum atomic E-state index is 0. The van der Waals surface area contributed by atoms with E-state index < -0.39 is 0 Å². The van der Waals surface area contributed by atoms with Crippen molar-refractivity contribution in [1.82, 2.24) is 15.5 Å². The molecule has 0 unspecified atom stereocenters. The molecule has 0 saturated carbocycles. The van der Waals surface area contributed by atoms with Crippen LogP contribution in [0.15, 0.2) is 4.99 Å². The monoisotopic (exact) mass is 370 g/mol. The van der Waals surface area contributed by atoms with Gasteiger partial charge in [-0.1, -0.05) is 0 Å². The van der Waals surface area contributed by atoms with Gasteiger partial charge >= 0.3 is 0 Å². The number of aliphatic imine (C=N–C) groups is 1. The summed E-state index contributed by atoms with van der Waals surface area (Å²) >= 11 is 0. The molecule has 0 spiro atoms. The van der Waals surface area contributed by atoms with Crippen molar-refractivity contribution >= 4 is 29.9 Å². The third-order valence-corrected chi connectivity index (χ3v) is 2.78. The maximum absolute atomic E-state index is 4.15. The first-order valence-electron chi connectivity index (χ1n) is 6.73. The van der Waals surface area contributed by atoms with Crippen LogP contribution in [-0.2, 0) is 0 Å². The van der Waals surface area contributed by atoms with Gasteiger partial charge in [0, 0.05) is 38.8 Å². The van der Waals surface area contributed by atoms with Crippen LogP contribution in [0.1, 0.15) is 41.0 Å². The van der Waals surface area contributed by atoms with Crippen molar-refractivity contribution in [1.29, 1.82) is 0 Å². The minimum Gasteiger partial charge on any atom is -0.357 e. The third kappa shape index (κ3) is 8.97. The molecule has 0 aromatic rings. The number of nitrogens with zero attached hydrogens (tertiary/aromatic N) is 2. The number of hydrogen-bond donors (Lipinski definition) is 2. The maximum atomic E-state index is 4.15. The summed E-state index contributed by atoms with van der Waals surface area (Å²) in [5, 5.41) is 6.51. The van der Waals surface area contributed by atoms with E-state index in [0.29, 0.717) is 12.1 Å². The Hall–Kier alpha value is -0.0400. The molecule has 0 fully saturated rings. The lowest BCUT2D eigenvalue weighted by Gasteiger charge is -2.30. The van der Waals surface area contributed by atoms with Crippen molar-refractivity contribution < 1.29 is 0 Å². The van der Waals surface area contributed by atoms with Crippen LogP contribution in [-0.4, -0.2) is 49.6 Å². The first kappa shape index (κ1) is 20.3. The number of hydrogen-bond acceptors (Lipinski definition) is 2. The molecule has 0 bridgehead atoms. The van der Waals surface area contributed by atoms with E-state index in [4.69, 9.17) is 0 Å². The Morgan fingerprint density at radius 2 is 1.67 bits per heavy atom. The van der Waals surface area contributed by atoms with Gasteiger partial charge < -0.3 is 10.6 Å². The van der Waals surface area contributed by atoms with E-state index >= 15 is 0 Å². The predicted octanol–water partition coefficient (Wildman–Crippen LogP) is 2.30. The molecule has 0 aromatic heterocycles. The molecule has 0 heterocycles. The molecular weight excluding hydrogens is 339 g/mol. The van der Waals surface area contributed by atoms with Gasteiger partial charge in [-0.3, -0.25) is 9.89 Å². The molecule has 2 N–H and O–H groups in total. The van der Waals surface area contributed by atoms with Gasteiger partial charge in [0.05, 0.1) is 0 Å². The second-order valence-corrected chi connectivity index (χ2v) is 4.81. The molecule has 5 heteroatoms. The average Bonchev–Trinajstić information content (AvgIpc) is 2.26. The maximum Gasteiger partial charge on any atom is 0.190 e. The van der Waals surface area contributed by atoms with Gasteiger partial charge in [0.2, 0.25) is 0 Å². The molecule has 0 aliphatic rings. The predicted molar refractivity (Wildman–Crippen MR) is 92.0 cm³/mol. The van der Waals surface area contributed by atoms with Crippen LogP contribution in [0.2, 0.25) is 0 Å². The standard InChI is InChI=1S/C13H30N4.HI/c1-7-15-13(14-6)16-9-8-10-17(11(2)3)12(4)5;/h11-12H,7-10H2,1-6H3,(H2,14,15,16);1H. The van der Waals surface area contributed by atoms with E-state index in [9.17, 15) is 0 Å². The highest BCUT2D eigenvalue weighted by Crippen LogP contribution is 2.04. The highest BCUT2D eigenvalue weighted by Gasteiger charge is 2.12. The Labute approximate surface area is 130 Å². The van der Waals surface area contributed by atoms with Crippen LogP contribution in [0.25, 0.3) is 0 Å². The lowest BCUT2D eigenvalue weighted by molar-refractivity contribution is 0.173. The smallest absolute Gasteiger partial charge is 0.190 e. The van der Waals surface area contributed by atoms with Crippen LogP contribution >= 0.6 is 24.0 Å². The number of nitrogens with one attached hydrogen (secondary N) is 2. The molecule has 0 aromatic carbocycles. The molecule has 4 nitrogen and oxygen atoms in total. The van der Waals surface area contributed by atoms with Gasteiger partial charge in [-0.25, -0.2) is 0 Å².